The number of carbonyl (C=O) groups is 1. The minimum atomic E-state index is -4.54. The summed E-state index contributed by atoms with van der Waals surface area (Å²) in [5.74, 6) is -0.771. The number of nitrogens with zero attached hydrogens (tertiary/aromatic N) is 2. The van der Waals surface area contributed by atoms with Crippen LogP contribution in [0.25, 0.3) is 11.3 Å². The van der Waals surface area contributed by atoms with Crippen LogP contribution in [0.3, 0.4) is 0 Å². The first-order valence-electron chi connectivity index (χ1n) is 8.69. The number of benzene rings is 1. The largest absolute Gasteiger partial charge is 0.507 e. The van der Waals surface area contributed by atoms with Crippen molar-refractivity contribution in [3.05, 3.63) is 40.6 Å². The van der Waals surface area contributed by atoms with Crippen LogP contribution in [0.15, 0.2) is 18.2 Å². The van der Waals surface area contributed by atoms with Gasteiger partial charge in [-0.3, -0.25) is 4.79 Å². The maximum Gasteiger partial charge on any atom is 0.416 e. The summed E-state index contributed by atoms with van der Waals surface area (Å²) in [7, 11) is 0. The second kappa shape index (κ2) is 7.26. The number of rotatable bonds is 3. The highest BCUT2D eigenvalue weighted by Crippen LogP contribution is 2.37. The second-order valence-electron chi connectivity index (χ2n) is 6.78. The van der Waals surface area contributed by atoms with Crippen molar-refractivity contribution < 1.29 is 23.1 Å². The highest BCUT2D eigenvalue weighted by Gasteiger charge is 2.32. The van der Waals surface area contributed by atoms with Gasteiger partial charge < -0.3 is 10.4 Å². The number of piperidine rings is 1. The maximum atomic E-state index is 12.8. The summed E-state index contributed by atoms with van der Waals surface area (Å²) in [6.45, 7) is 4.94. The minimum Gasteiger partial charge on any atom is -0.507 e. The van der Waals surface area contributed by atoms with Crippen molar-refractivity contribution in [1.29, 1.82) is 0 Å². The van der Waals surface area contributed by atoms with Crippen LogP contribution in [-0.2, 0) is 6.18 Å². The summed E-state index contributed by atoms with van der Waals surface area (Å²) in [6.07, 6.45) is -2.84. The van der Waals surface area contributed by atoms with Crippen LogP contribution in [-0.4, -0.2) is 34.2 Å². The zero-order valence-electron chi connectivity index (χ0n) is 15.0. The summed E-state index contributed by atoms with van der Waals surface area (Å²) >= 11 is 0. The van der Waals surface area contributed by atoms with Gasteiger partial charge in [0.15, 0.2) is 5.78 Å². The number of aromatic nitrogens is 2. The summed E-state index contributed by atoms with van der Waals surface area (Å²) in [6, 6.07) is 2.72. The lowest BCUT2D eigenvalue weighted by atomic mass is 9.90. The molecule has 0 spiro atoms. The van der Waals surface area contributed by atoms with E-state index in [2.05, 4.69) is 15.5 Å². The molecule has 1 aliphatic rings. The number of halogens is 3. The molecule has 3 rings (SSSR count). The number of hydrogen-bond acceptors (Lipinski definition) is 5. The van der Waals surface area contributed by atoms with Gasteiger partial charge in [0.05, 0.1) is 11.3 Å². The molecule has 1 atom stereocenters. The van der Waals surface area contributed by atoms with Gasteiger partial charge in [0, 0.05) is 18.0 Å². The van der Waals surface area contributed by atoms with Gasteiger partial charge in [0.25, 0.3) is 0 Å². The SMILES string of the molecule is Cc1c(C(=O)C2CCCNC2)nnc(-c2ccc(C(F)(F)F)cc2O)c1C. The molecule has 27 heavy (non-hydrogen) atoms. The Labute approximate surface area is 154 Å². The Hall–Kier alpha value is -2.48. The summed E-state index contributed by atoms with van der Waals surface area (Å²) in [5.41, 5.74) is 0.965. The van der Waals surface area contributed by atoms with Crippen LogP contribution in [0, 0.1) is 19.8 Å². The predicted octanol–water partition coefficient (Wildman–Crippen LogP) is 3.67. The number of ketones is 1. The van der Waals surface area contributed by atoms with E-state index in [1.807, 2.05) is 0 Å². The van der Waals surface area contributed by atoms with Crippen LogP contribution in [0.2, 0.25) is 0 Å². The number of alkyl halides is 3. The van der Waals surface area contributed by atoms with Gasteiger partial charge in [-0.2, -0.15) is 13.2 Å². The molecule has 1 unspecified atom stereocenters. The highest BCUT2D eigenvalue weighted by atomic mass is 19.4. The lowest BCUT2D eigenvalue weighted by Gasteiger charge is -2.22. The summed E-state index contributed by atoms with van der Waals surface area (Å²) in [4.78, 5) is 12.7. The molecule has 2 heterocycles. The molecule has 0 aliphatic carbocycles. The third-order valence-corrected chi connectivity index (χ3v) is 5.00. The first kappa shape index (κ1) is 19.3. The minimum absolute atomic E-state index is 0.0847. The van der Waals surface area contributed by atoms with E-state index in [1.54, 1.807) is 13.8 Å². The first-order chi connectivity index (χ1) is 12.7. The number of carbonyl (C=O) groups excluding carboxylic acids is 1. The average molecular weight is 379 g/mol. The topological polar surface area (TPSA) is 75.1 Å². The molecule has 0 radical (unpaired) electrons. The number of phenolic OH excluding ortho intramolecular Hbond substituents is 1. The van der Waals surface area contributed by atoms with Crippen LogP contribution in [0.5, 0.6) is 5.75 Å². The molecule has 2 N–H and O–H groups in total. The van der Waals surface area contributed by atoms with E-state index >= 15 is 0 Å². The van der Waals surface area contributed by atoms with Crippen molar-refractivity contribution in [2.45, 2.75) is 32.9 Å². The lowest BCUT2D eigenvalue weighted by molar-refractivity contribution is -0.137. The Balaban J connectivity index is 1.97. The molecule has 5 nitrogen and oxygen atoms in total. The lowest BCUT2D eigenvalue weighted by Crippen LogP contribution is -2.35. The Bertz CT molecular complexity index is 875. The second-order valence-corrected chi connectivity index (χ2v) is 6.78. The molecule has 1 aromatic carbocycles. The molecule has 144 valence electrons. The number of hydrogen-bond donors (Lipinski definition) is 2. The molecule has 1 aliphatic heterocycles. The van der Waals surface area contributed by atoms with Crippen molar-refractivity contribution in [2.75, 3.05) is 13.1 Å². The van der Waals surface area contributed by atoms with Gasteiger partial charge in [-0.25, -0.2) is 0 Å². The molecule has 0 bridgehead atoms. The van der Waals surface area contributed by atoms with E-state index in [-0.39, 0.29) is 28.7 Å². The van der Waals surface area contributed by atoms with Crippen molar-refractivity contribution >= 4 is 5.78 Å². The quantitative estimate of drug-likeness (QED) is 0.796. The molecule has 8 heteroatoms. The molecule has 0 amide bonds. The molecular weight excluding hydrogens is 359 g/mol. The molecule has 0 saturated carbocycles. The van der Waals surface area contributed by atoms with E-state index in [0.29, 0.717) is 23.7 Å². The van der Waals surface area contributed by atoms with Gasteiger partial charge >= 0.3 is 6.18 Å². The Kier molecular flexibility index (Phi) is 5.19. The van der Waals surface area contributed by atoms with Crippen molar-refractivity contribution in [3.8, 4) is 17.0 Å². The zero-order chi connectivity index (χ0) is 19.8. The normalized spacial score (nSPS) is 17.7. The van der Waals surface area contributed by atoms with Crippen LogP contribution < -0.4 is 5.32 Å². The van der Waals surface area contributed by atoms with E-state index in [0.717, 1.165) is 25.5 Å². The van der Waals surface area contributed by atoms with E-state index in [4.69, 9.17) is 0 Å². The Morgan fingerprint density at radius 2 is 1.96 bits per heavy atom. The monoisotopic (exact) mass is 379 g/mol. The van der Waals surface area contributed by atoms with Gasteiger partial charge in [-0.1, -0.05) is 0 Å². The first-order valence-corrected chi connectivity index (χ1v) is 8.69. The van der Waals surface area contributed by atoms with E-state index < -0.39 is 17.5 Å². The molecule has 1 aromatic heterocycles. The maximum absolute atomic E-state index is 12.8. The van der Waals surface area contributed by atoms with Gasteiger partial charge in [0.1, 0.15) is 11.4 Å². The van der Waals surface area contributed by atoms with Crippen LogP contribution in [0.4, 0.5) is 13.2 Å². The summed E-state index contributed by atoms with van der Waals surface area (Å²) < 4.78 is 38.3. The van der Waals surface area contributed by atoms with E-state index in [9.17, 15) is 23.1 Å². The third-order valence-electron chi connectivity index (χ3n) is 5.00. The van der Waals surface area contributed by atoms with Gasteiger partial charge in [0.2, 0.25) is 0 Å². The fourth-order valence-electron chi connectivity index (χ4n) is 3.27. The van der Waals surface area contributed by atoms with E-state index in [1.165, 1.54) is 6.07 Å². The number of phenols is 1. The van der Waals surface area contributed by atoms with Crippen molar-refractivity contribution in [1.82, 2.24) is 15.5 Å². The molecule has 1 fully saturated rings. The number of nitrogens with one attached hydrogen (secondary N) is 1. The fraction of sp³-hybridized carbons (Fsp3) is 0.421. The highest BCUT2D eigenvalue weighted by molar-refractivity contribution is 5.98. The smallest absolute Gasteiger partial charge is 0.416 e. The van der Waals surface area contributed by atoms with Gasteiger partial charge in [-0.15, -0.1) is 10.2 Å². The van der Waals surface area contributed by atoms with Crippen molar-refractivity contribution in [2.24, 2.45) is 5.92 Å². The van der Waals surface area contributed by atoms with Crippen LogP contribution >= 0.6 is 0 Å². The standard InChI is InChI=1S/C19H20F3N3O2/c1-10-11(2)17(18(27)12-4-3-7-23-9-12)25-24-16(10)14-6-5-13(8-15(14)26)19(20,21)22/h5-6,8,12,23,26H,3-4,7,9H2,1-2H3. The Morgan fingerprint density at radius 3 is 2.56 bits per heavy atom. The Morgan fingerprint density at radius 1 is 1.22 bits per heavy atom. The third kappa shape index (κ3) is 3.80. The predicted molar refractivity (Wildman–Crippen MR) is 93.5 cm³/mol. The molecule has 2 aromatic rings. The summed E-state index contributed by atoms with van der Waals surface area (Å²) in [5, 5.41) is 21.3. The number of aromatic hydroxyl groups is 1. The van der Waals surface area contributed by atoms with Crippen LogP contribution in [0.1, 0.15) is 40.0 Å². The molecule has 1 saturated heterocycles. The van der Waals surface area contributed by atoms with Crippen molar-refractivity contribution in [3.63, 3.8) is 0 Å². The zero-order valence-corrected chi connectivity index (χ0v) is 15.0. The number of Topliss-reactive ketones (excluding diaryl/α,β-unsaturated/α-hetero) is 1. The molecular formula is C19H20F3N3O2. The average Bonchev–Trinajstić information content (AvgIpc) is 2.64. The van der Waals surface area contributed by atoms with Gasteiger partial charge in [-0.05, 0) is 62.6 Å². The fourth-order valence-corrected chi connectivity index (χ4v) is 3.27.